The van der Waals surface area contributed by atoms with Crippen LogP contribution in [0, 0.1) is 0 Å². The first-order valence-corrected chi connectivity index (χ1v) is 14.0. The van der Waals surface area contributed by atoms with Crippen LogP contribution in [0.2, 0.25) is 5.02 Å². The van der Waals surface area contributed by atoms with Crippen molar-refractivity contribution in [3.63, 3.8) is 0 Å². The van der Waals surface area contributed by atoms with E-state index in [0.29, 0.717) is 21.7 Å². The molecule has 206 valence electrons. The van der Waals surface area contributed by atoms with E-state index in [0.717, 1.165) is 0 Å². The number of benzene rings is 3. The molecule has 0 fully saturated rings. The van der Waals surface area contributed by atoms with Crippen LogP contribution in [0.4, 0.5) is 4.79 Å². The van der Waals surface area contributed by atoms with Gasteiger partial charge in [0.1, 0.15) is 11.6 Å². The summed E-state index contributed by atoms with van der Waals surface area (Å²) in [7, 11) is 0. The average Bonchev–Trinajstić information content (AvgIpc) is 2.89. The van der Waals surface area contributed by atoms with Gasteiger partial charge in [0.2, 0.25) is 5.91 Å². The molecular formula is C30H33ClN2O5S. The largest absolute Gasteiger partial charge is 0.444 e. The highest BCUT2D eigenvalue weighted by atomic mass is 35.5. The van der Waals surface area contributed by atoms with E-state index in [4.69, 9.17) is 21.1 Å². The second-order valence-electron chi connectivity index (χ2n) is 9.76. The van der Waals surface area contributed by atoms with Gasteiger partial charge in [0.05, 0.1) is 5.88 Å². The Morgan fingerprint density at radius 2 is 1.38 bits per heavy atom. The van der Waals surface area contributed by atoms with Crippen LogP contribution < -0.4 is 10.6 Å². The van der Waals surface area contributed by atoms with Crippen molar-refractivity contribution in [1.29, 1.82) is 0 Å². The molecule has 3 rings (SSSR count). The zero-order valence-electron chi connectivity index (χ0n) is 22.4. The third-order valence-corrected chi connectivity index (χ3v) is 6.80. The van der Waals surface area contributed by atoms with Crippen LogP contribution in [-0.4, -0.2) is 41.2 Å². The number of amides is 2. The maximum Gasteiger partial charge on any atom is 0.408 e. The molecule has 0 aromatic heterocycles. The Hall–Kier alpha value is -3.49. The molecule has 0 saturated heterocycles. The lowest BCUT2D eigenvalue weighted by molar-refractivity contribution is -0.155. The zero-order chi connectivity index (χ0) is 28.5. The van der Waals surface area contributed by atoms with Crippen molar-refractivity contribution >= 4 is 41.3 Å². The van der Waals surface area contributed by atoms with Crippen LogP contribution in [0.15, 0.2) is 84.9 Å². The van der Waals surface area contributed by atoms with Gasteiger partial charge >= 0.3 is 12.1 Å². The number of nitrogens with one attached hydrogen (secondary N) is 2. The van der Waals surface area contributed by atoms with Crippen LogP contribution in [0.25, 0.3) is 0 Å². The van der Waals surface area contributed by atoms with Crippen molar-refractivity contribution in [3.8, 4) is 0 Å². The SMILES string of the molecule is CC(=O)NCSC[C@H](NC(=O)OC(C)(C)C)C(=O)OC(c1ccccc1)(c1ccccc1)c1ccccc1Cl. The van der Waals surface area contributed by atoms with Crippen molar-refractivity contribution in [3.05, 3.63) is 107 Å². The predicted molar refractivity (Wildman–Crippen MR) is 155 cm³/mol. The molecule has 0 unspecified atom stereocenters. The van der Waals surface area contributed by atoms with Crippen LogP contribution in [0.1, 0.15) is 44.4 Å². The number of thioether (sulfide) groups is 1. The molecule has 0 bridgehead atoms. The lowest BCUT2D eigenvalue weighted by atomic mass is 9.80. The number of esters is 1. The van der Waals surface area contributed by atoms with Crippen molar-refractivity contribution < 1.29 is 23.9 Å². The Balaban J connectivity index is 2.08. The summed E-state index contributed by atoms with van der Waals surface area (Å²) >= 11 is 8.00. The minimum Gasteiger partial charge on any atom is -0.444 e. The molecule has 0 aliphatic carbocycles. The summed E-state index contributed by atoms with van der Waals surface area (Å²) in [5.41, 5.74) is -0.260. The lowest BCUT2D eigenvalue weighted by Crippen LogP contribution is -2.49. The fourth-order valence-electron chi connectivity index (χ4n) is 3.91. The molecule has 0 heterocycles. The number of carbonyl (C=O) groups is 3. The van der Waals surface area contributed by atoms with Gasteiger partial charge in [-0.1, -0.05) is 90.5 Å². The van der Waals surface area contributed by atoms with Crippen LogP contribution >= 0.6 is 23.4 Å². The summed E-state index contributed by atoms with van der Waals surface area (Å²) in [6, 6.07) is 24.8. The number of ether oxygens (including phenoxy) is 2. The smallest absolute Gasteiger partial charge is 0.408 e. The standard InChI is InChI=1S/C30H33ClN2O5S/c1-21(34)32-20-39-19-26(33-28(36)38-29(2,3)4)27(35)37-30(22-13-7-5-8-14-22,23-15-9-6-10-16-23)24-17-11-12-18-25(24)31/h5-18,26H,19-20H2,1-4H3,(H,32,34)(H,33,36)/t26-/m0/s1. The van der Waals surface area contributed by atoms with Crippen molar-refractivity contribution in [2.75, 3.05) is 11.6 Å². The number of hydrogen-bond acceptors (Lipinski definition) is 6. The molecule has 0 radical (unpaired) electrons. The van der Waals surface area contributed by atoms with Crippen LogP contribution in [0.3, 0.4) is 0 Å². The topological polar surface area (TPSA) is 93.7 Å². The Bertz CT molecular complexity index is 1230. The van der Waals surface area contributed by atoms with Gasteiger partial charge in [-0.15, -0.1) is 11.8 Å². The van der Waals surface area contributed by atoms with Gasteiger partial charge in [-0.3, -0.25) is 4.79 Å². The minimum absolute atomic E-state index is 0.126. The fourth-order valence-corrected chi connectivity index (χ4v) is 5.06. The van der Waals surface area contributed by atoms with Crippen molar-refractivity contribution in [2.45, 2.75) is 44.9 Å². The highest BCUT2D eigenvalue weighted by molar-refractivity contribution is 7.99. The first-order chi connectivity index (χ1) is 18.5. The second kappa shape index (κ2) is 13.5. The maximum atomic E-state index is 14.0. The molecular weight excluding hydrogens is 536 g/mol. The molecule has 9 heteroatoms. The van der Waals surface area contributed by atoms with E-state index in [1.807, 2.05) is 72.8 Å². The molecule has 7 nitrogen and oxygen atoms in total. The normalized spacial score (nSPS) is 12.2. The first-order valence-electron chi connectivity index (χ1n) is 12.4. The molecule has 0 aliphatic heterocycles. The maximum absolute atomic E-state index is 14.0. The van der Waals surface area contributed by atoms with E-state index >= 15 is 0 Å². The molecule has 3 aromatic rings. The van der Waals surface area contributed by atoms with E-state index in [1.165, 1.54) is 18.7 Å². The Labute approximate surface area is 238 Å². The highest BCUT2D eigenvalue weighted by Crippen LogP contribution is 2.43. The molecule has 39 heavy (non-hydrogen) atoms. The second-order valence-corrected chi connectivity index (χ2v) is 11.2. The Kier molecular flexibility index (Phi) is 10.4. The van der Waals surface area contributed by atoms with Gasteiger partial charge in [-0.2, -0.15) is 0 Å². The van der Waals surface area contributed by atoms with E-state index in [1.54, 1.807) is 32.9 Å². The first kappa shape index (κ1) is 30.1. The van der Waals surface area contributed by atoms with Gasteiger partial charge in [-0.25, -0.2) is 9.59 Å². The summed E-state index contributed by atoms with van der Waals surface area (Å²) in [4.78, 5) is 38.0. The van der Waals surface area contributed by atoms with Crippen LogP contribution in [-0.2, 0) is 24.7 Å². The number of hydrogen-bond donors (Lipinski definition) is 2. The molecule has 0 saturated carbocycles. The number of carbonyl (C=O) groups excluding carboxylic acids is 3. The number of rotatable bonds is 10. The minimum atomic E-state index is -1.42. The van der Waals surface area contributed by atoms with Gasteiger partial charge in [0.25, 0.3) is 0 Å². The van der Waals surface area contributed by atoms with E-state index in [9.17, 15) is 14.4 Å². The molecule has 1 atom stereocenters. The van der Waals surface area contributed by atoms with Gasteiger partial charge in [-0.05, 0) is 26.8 Å². The van der Waals surface area contributed by atoms with E-state index in [-0.39, 0.29) is 17.5 Å². The van der Waals surface area contributed by atoms with E-state index in [2.05, 4.69) is 10.6 Å². The third kappa shape index (κ3) is 8.25. The van der Waals surface area contributed by atoms with E-state index < -0.39 is 29.3 Å². The quantitative estimate of drug-likeness (QED) is 0.137. The number of alkyl carbamates (subject to hydrolysis) is 1. The predicted octanol–water partition coefficient (Wildman–Crippen LogP) is 5.90. The summed E-state index contributed by atoms with van der Waals surface area (Å²) in [6.07, 6.45) is -0.757. The monoisotopic (exact) mass is 568 g/mol. The van der Waals surface area contributed by atoms with Gasteiger partial charge < -0.3 is 20.1 Å². The van der Waals surface area contributed by atoms with Crippen molar-refractivity contribution in [2.24, 2.45) is 0 Å². The van der Waals surface area contributed by atoms with Gasteiger partial charge in [0.15, 0.2) is 5.60 Å². The summed E-state index contributed by atoms with van der Waals surface area (Å²) in [6.45, 7) is 6.61. The average molecular weight is 569 g/mol. The molecule has 0 aliphatic rings. The Morgan fingerprint density at radius 3 is 1.90 bits per heavy atom. The molecule has 0 spiro atoms. The summed E-state index contributed by atoms with van der Waals surface area (Å²) < 4.78 is 11.9. The highest BCUT2D eigenvalue weighted by Gasteiger charge is 2.43. The molecule has 2 amide bonds. The third-order valence-electron chi connectivity index (χ3n) is 5.55. The number of halogens is 1. The summed E-state index contributed by atoms with van der Waals surface area (Å²) in [5, 5.41) is 5.74. The van der Waals surface area contributed by atoms with Gasteiger partial charge in [0, 0.05) is 34.4 Å². The molecule has 3 aromatic carbocycles. The zero-order valence-corrected chi connectivity index (χ0v) is 24.0. The molecule has 2 N–H and O–H groups in total. The lowest BCUT2D eigenvalue weighted by Gasteiger charge is -2.37. The summed E-state index contributed by atoms with van der Waals surface area (Å²) in [5.74, 6) is -0.515. The Morgan fingerprint density at radius 1 is 0.846 bits per heavy atom. The van der Waals surface area contributed by atoms with Crippen molar-refractivity contribution in [1.82, 2.24) is 10.6 Å². The fraction of sp³-hybridized carbons (Fsp3) is 0.300. The van der Waals surface area contributed by atoms with Crippen LogP contribution in [0.5, 0.6) is 0 Å².